The summed E-state index contributed by atoms with van der Waals surface area (Å²) >= 11 is 0. The van der Waals surface area contributed by atoms with E-state index < -0.39 is 0 Å². The molecule has 0 bridgehead atoms. The number of ether oxygens (including phenoxy) is 1. The van der Waals surface area contributed by atoms with Crippen molar-refractivity contribution in [2.24, 2.45) is 11.5 Å². The summed E-state index contributed by atoms with van der Waals surface area (Å²) in [5.74, 6) is 0. The van der Waals surface area contributed by atoms with Crippen LogP contribution in [0.25, 0.3) is 0 Å². The zero-order chi connectivity index (χ0) is 12.0. The van der Waals surface area contributed by atoms with Crippen LogP contribution >= 0.6 is 0 Å². The summed E-state index contributed by atoms with van der Waals surface area (Å²) in [6, 6.07) is 0.0224. The van der Waals surface area contributed by atoms with Crippen molar-refractivity contribution < 1.29 is 9.53 Å². The Morgan fingerprint density at radius 1 is 1.38 bits per heavy atom. The van der Waals surface area contributed by atoms with E-state index in [4.69, 9.17) is 16.2 Å². The molecule has 1 amide bonds. The fourth-order valence-corrected chi connectivity index (χ4v) is 1.73. The number of nitrogens with zero attached hydrogens (tertiary/aromatic N) is 2. The predicted molar refractivity (Wildman–Crippen MR) is 62.1 cm³/mol. The summed E-state index contributed by atoms with van der Waals surface area (Å²) in [4.78, 5) is 15.4. The fraction of sp³-hybridized carbons (Fsp3) is 0.900. The first-order valence-corrected chi connectivity index (χ1v) is 5.77. The molecule has 0 spiro atoms. The Labute approximate surface area is 96.5 Å². The minimum absolute atomic E-state index is 0.0224. The van der Waals surface area contributed by atoms with Crippen molar-refractivity contribution in [3.63, 3.8) is 0 Å². The Kier molecular flexibility index (Phi) is 5.51. The van der Waals surface area contributed by atoms with Crippen LogP contribution in [0.2, 0.25) is 0 Å². The summed E-state index contributed by atoms with van der Waals surface area (Å²) in [6.07, 6.45) is -0.217. The smallest absolute Gasteiger partial charge is 0.409 e. The van der Waals surface area contributed by atoms with Crippen LogP contribution in [0, 0.1) is 0 Å². The molecule has 0 aromatic rings. The van der Waals surface area contributed by atoms with Crippen LogP contribution in [-0.4, -0.2) is 67.8 Å². The summed E-state index contributed by atoms with van der Waals surface area (Å²) < 4.78 is 4.94. The van der Waals surface area contributed by atoms with Gasteiger partial charge < -0.3 is 21.1 Å². The molecule has 0 radical (unpaired) electrons. The number of hydrogen-bond acceptors (Lipinski definition) is 5. The fourth-order valence-electron chi connectivity index (χ4n) is 1.73. The molecule has 1 saturated heterocycles. The molecule has 1 unspecified atom stereocenters. The number of carbonyl (C=O) groups is 1. The minimum atomic E-state index is -0.217. The summed E-state index contributed by atoms with van der Waals surface area (Å²) in [7, 11) is 0. The van der Waals surface area contributed by atoms with Gasteiger partial charge in [0.15, 0.2) is 0 Å². The maximum Gasteiger partial charge on any atom is 0.409 e. The number of rotatable bonds is 4. The van der Waals surface area contributed by atoms with Crippen molar-refractivity contribution >= 4 is 6.09 Å². The van der Waals surface area contributed by atoms with Gasteiger partial charge in [-0.15, -0.1) is 0 Å². The highest BCUT2D eigenvalue weighted by atomic mass is 16.6. The maximum atomic E-state index is 11.4. The lowest BCUT2D eigenvalue weighted by Gasteiger charge is -2.35. The van der Waals surface area contributed by atoms with Gasteiger partial charge in [0.25, 0.3) is 0 Å². The van der Waals surface area contributed by atoms with Gasteiger partial charge in [-0.1, -0.05) is 0 Å². The van der Waals surface area contributed by atoms with E-state index >= 15 is 0 Å². The average molecular weight is 230 g/mol. The molecule has 0 saturated carbocycles. The molecule has 6 heteroatoms. The van der Waals surface area contributed by atoms with Gasteiger partial charge >= 0.3 is 6.09 Å². The highest BCUT2D eigenvalue weighted by Crippen LogP contribution is 2.03. The van der Waals surface area contributed by atoms with Gasteiger partial charge in [0, 0.05) is 45.3 Å². The van der Waals surface area contributed by atoms with Crippen LogP contribution in [0.5, 0.6) is 0 Å². The van der Waals surface area contributed by atoms with E-state index in [9.17, 15) is 4.79 Å². The van der Waals surface area contributed by atoms with Crippen LogP contribution in [0.1, 0.15) is 6.92 Å². The second-order valence-corrected chi connectivity index (χ2v) is 3.98. The molecule has 1 aliphatic heterocycles. The van der Waals surface area contributed by atoms with E-state index in [1.165, 1.54) is 0 Å². The lowest BCUT2D eigenvalue weighted by molar-refractivity contribution is 0.0784. The Bertz CT molecular complexity index is 217. The highest BCUT2D eigenvalue weighted by Gasteiger charge is 2.22. The van der Waals surface area contributed by atoms with Gasteiger partial charge in [0.2, 0.25) is 0 Å². The molecule has 4 N–H and O–H groups in total. The van der Waals surface area contributed by atoms with E-state index in [2.05, 4.69) is 4.90 Å². The third-order valence-electron chi connectivity index (χ3n) is 2.69. The molecule has 1 fully saturated rings. The Morgan fingerprint density at radius 2 is 2.00 bits per heavy atom. The Hall–Kier alpha value is -0.850. The van der Waals surface area contributed by atoms with Crippen molar-refractivity contribution in [1.82, 2.24) is 9.80 Å². The van der Waals surface area contributed by atoms with Crippen LogP contribution < -0.4 is 11.5 Å². The van der Waals surface area contributed by atoms with Crippen LogP contribution in [-0.2, 0) is 4.74 Å². The number of carbonyl (C=O) groups excluding carboxylic acids is 1. The lowest BCUT2D eigenvalue weighted by atomic mass is 10.2. The van der Waals surface area contributed by atoms with Gasteiger partial charge in [0.05, 0.1) is 6.61 Å². The quantitative estimate of drug-likeness (QED) is 0.650. The van der Waals surface area contributed by atoms with Gasteiger partial charge in [-0.05, 0) is 6.92 Å². The van der Waals surface area contributed by atoms with E-state index in [1.54, 1.807) is 4.90 Å². The topological polar surface area (TPSA) is 84.8 Å². The molecule has 0 aromatic carbocycles. The van der Waals surface area contributed by atoms with Crippen molar-refractivity contribution in [3.8, 4) is 0 Å². The standard InChI is InChI=1S/C10H22N4O2/c1-2-16-10(15)14-5-3-13(4-6-14)8-9(12)7-11/h9H,2-8,11-12H2,1H3. The number of nitrogens with two attached hydrogens (primary N) is 2. The van der Waals surface area contributed by atoms with E-state index in [-0.39, 0.29) is 12.1 Å². The molecule has 1 heterocycles. The van der Waals surface area contributed by atoms with Gasteiger partial charge in [-0.3, -0.25) is 4.90 Å². The third kappa shape index (κ3) is 3.96. The van der Waals surface area contributed by atoms with E-state index in [0.29, 0.717) is 26.2 Å². The minimum Gasteiger partial charge on any atom is -0.450 e. The van der Waals surface area contributed by atoms with Crippen molar-refractivity contribution in [1.29, 1.82) is 0 Å². The first kappa shape index (κ1) is 13.2. The second kappa shape index (κ2) is 6.67. The highest BCUT2D eigenvalue weighted by molar-refractivity contribution is 5.67. The van der Waals surface area contributed by atoms with Crippen molar-refractivity contribution in [3.05, 3.63) is 0 Å². The monoisotopic (exact) mass is 230 g/mol. The maximum absolute atomic E-state index is 11.4. The molecule has 1 aliphatic rings. The number of amides is 1. The first-order valence-electron chi connectivity index (χ1n) is 5.77. The largest absolute Gasteiger partial charge is 0.450 e. The summed E-state index contributed by atoms with van der Waals surface area (Å²) in [5.41, 5.74) is 11.2. The molecule has 94 valence electrons. The molecule has 16 heavy (non-hydrogen) atoms. The molecular formula is C10H22N4O2. The van der Waals surface area contributed by atoms with Crippen LogP contribution in [0.15, 0.2) is 0 Å². The molecule has 1 atom stereocenters. The normalized spacial score (nSPS) is 19.6. The molecule has 0 aromatic heterocycles. The molecule has 1 rings (SSSR count). The molecular weight excluding hydrogens is 208 g/mol. The molecule has 6 nitrogen and oxygen atoms in total. The van der Waals surface area contributed by atoms with Gasteiger partial charge in [-0.25, -0.2) is 4.79 Å². The average Bonchev–Trinajstić information content (AvgIpc) is 2.30. The molecule has 0 aliphatic carbocycles. The summed E-state index contributed by atoms with van der Waals surface area (Å²) in [5, 5.41) is 0. The number of piperazine rings is 1. The Morgan fingerprint density at radius 3 is 2.50 bits per heavy atom. The lowest BCUT2D eigenvalue weighted by Crippen LogP contribution is -2.52. The van der Waals surface area contributed by atoms with Crippen LogP contribution in [0.4, 0.5) is 4.79 Å². The second-order valence-electron chi connectivity index (χ2n) is 3.98. The van der Waals surface area contributed by atoms with E-state index in [0.717, 1.165) is 19.6 Å². The zero-order valence-electron chi connectivity index (χ0n) is 9.89. The number of hydrogen-bond donors (Lipinski definition) is 2. The Balaban J connectivity index is 2.25. The zero-order valence-corrected chi connectivity index (χ0v) is 9.89. The summed E-state index contributed by atoms with van der Waals surface area (Å²) in [6.45, 7) is 6.63. The SMILES string of the molecule is CCOC(=O)N1CCN(CC(N)CN)CC1. The van der Waals surface area contributed by atoms with Crippen molar-refractivity contribution in [2.75, 3.05) is 45.9 Å². The van der Waals surface area contributed by atoms with Crippen molar-refractivity contribution in [2.45, 2.75) is 13.0 Å². The predicted octanol–water partition coefficient (Wildman–Crippen LogP) is -0.953. The van der Waals surface area contributed by atoms with Gasteiger partial charge in [0.1, 0.15) is 0 Å². The third-order valence-corrected chi connectivity index (χ3v) is 2.69. The first-order chi connectivity index (χ1) is 7.67. The van der Waals surface area contributed by atoms with E-state index in [1.807, 2.05) is 6.92 Å². The van der Waals surface area contributed by atoms with Gasteiger partial charge in [-0.2, -0.15) is 0 Å². The van der Waals surface area contributed by atoms with Crippen LogP contribution in [0.3, 0.4) is 0 Å².